The van der Waals surface area contributed by atoms with Crippen LogP contribution in [0.5, 0.6) is 0 Å². The molecular weight excluding hydrogens is 241 g/mol. The zero-order valence-electron chi connectivity index (χ0n) is 11.7. The van der Waals surface area contributed by atoms with Crippen LogP contribution in [0.2, 0.25) is 0 Å². The predicted molar refractivity (Wildman–Crippen MR) is 76.4 cm³/mol. The van der Waals surface area contributed by atoms with E-state index in [0.29, 0.717) is 17.1 Å². The molecule has 4 heteroatoms. The summed E-state index contributed by atoms with van der Waals surface area (Å²) in [6.45, 7) is 7.03. The van der Waals surface area contributed by atoms with Crippen molar-refractivity contribution in [2.45, 2.75) is 39.7 Å². The van der Waals surface area contributed by atoms with Gasteiger partial charge in [0.15, 0.2) is 0 Å². The molecule has 0 radical (unpaired) electrons. The van der Waals surface area contributed by atoms with Gasteiger partial charge in [-0.05, 0) is 18.6 Å². The molecule has 0 amide bonds. The van der Waals surface area contributed by atoms with Crippen LogP contribution in [0, 0.1) is 5.82 Å². The third-order valence-corrected chi connectivity index (χ3v) is 3.13. The van der Waals surface area contributed by atoms with Crippen molar-refractivity contribution in [1.29, 1.82) is 0 Å². The average molecular weight is 261 g/mol. The number of benzene rings is 1. The lowest BCUT2D eigenvalue weighted by molar-refractivity contribution is 0.616. The third kappa shape index (κ3) is 2.48. The minimum Gasteiger partial charge on any atom is -0.383 e. The van der Waals surface area contributed by atoms with E-state index < -0.39 is 0 Å². The fraction of sp³-hybridized carbons (Fsp3) is 0.400. The normalized spacial score (nSPS) is 11.2. The van der Waals surface area contributed by atoms with Crippen LogP contribution in [0.25, 0.3) is 11.3 Å². The quantitative estimate of drug-likeness (QED) is 0.909. The standard InChI is InChI=1S/C15H20FN3/c1-4-9-19-14(17)13(18-15(19)10(2)3)11-7-5-6-8-12(11)16/h5-8,10H,4,9,17H2,1-3H3. The van der Waals surface area contributed by atoms with Crippen LogP contribution < -0.4 is 5.73 Å². The van der Waals surface area contributed by atoms with Gasteiger partial charge in [-0.2, -0.15) is 0 Å². The lowest BCUT2D eigenvalue weighted by Crippen LogP contribution is -2.08. The monoisotopic (exact) mass is 261 g/mol. The van der Waals surface area contributed by atoms with Crippen molar-refractivity contribution < 1.29 is 4.39 Å². The fourth-order valence-corrected chi connectivity index (χ4v) is 2.23. The van der Waals surface area contributed by atoms with E-state index in [1.807, 2.05) is 4.57 Å². The van der Waals surface area contributed by atoms with E-state index in [9.17, 15) is 4.39 Å². The van der Waals surface area contributed by atoms with Gasteiger partial charge in [0.05, 0.1) is 0 Å². The number of nitrogens with two attached hydrogens (primary N) is 1. The van der Waals surface area contributed by atoms with Gasteiger partial charge < -0.3 is 10.3 Å². The van der Waals surface area contributed by atoms with Gasteiger partial charge in [-0.3, -0.25) is 0 Å². The molecule has 0 aliphatic rings. The Morgan fingerprint density at radius 1 is 1.32 bits per heavy atom. The summed E-state index contributed by atoms with van der Waals surface area (Å²) in [4.78, 5) is 4.56. The van der Waals surface area contributed by atoms with Gasteiger partial charge in [0.2, 0.25) is 0 Å². The molecule has 3 nitrogen and oxygen atoms in total. The molecule has 0 aliphatic heterocycles. The van der Waals surface area contributed by atoms with Crippen molar-refractivity contribution in [2.24, 2.45) is 0 Å². The van der Waals surface area contributed by atoms with Crippen molar-refractivity contribution in [1.82, 2.24) is 9.55 Å². The highest BCUT2D eigenvalue weighted by molar-refractivity contribution is 5.71. The number of aromatic nitrogens is 2. The summed E-state index contributed by atoms with van der Waals surface area (Å²) in [5.41, 5.74) is 7.18. The molecule has 1 aromatic heterocycles. The van der Waals surface area contributed by atoms with E-state index in [4.69, 9.17) is 5.73 Å². The second kappa shape index (κ2) is 5.43. The molecule has 0 unspecified atom stereocenters. The minimum absolute atomic E-state index is 0.259. The third-order valence-electron chi connectivity index (χ3n) is 3.13. The van der Waals surface area contributed by atoms with Gasteiger partial charge in [0.1, 0.15) is 23.2 Å². The Kier molecular flexibility index (Phi) is 3.88. The van der Waals surface area contributed by atoms with Gasteiger partial charge in [0, 0.05) is 18.0 Å². The lowest BCUT2D eigenvalue weighted by atomic mass is 10.1. The van der Waals surface area contributed by atoms with Gasteiger partial charge in [-0.1, -0.05) is 32.9 Å². The topological polar surface area (TPSA) is 43.8 Å². The number of anilines is 1. The molecule has 2 aromatic rings. The smallest absolute Gasteiger partial charge is 0.132 e. The van der Waals surface area contributed by atoms with Gasteiger partial charge >= 0.3 is 0 Å². The minimum atomic E-state index is -0.286. The molecule has 0 atom stereocenters. The van der Waals surface area contributed by atoms with Gasteiger partial charge in [-0.15, -0.1) is 0 Å². The van der Waals surface area contributed by atoms with Crippen molar-refractivity contribution in [3.63, 3.8) is 0 Å². The van der Waals surface area contributed by atoms with Crippen LogP contribution in [-0.2, 0) is 6.54 Å². The summed E-state index contributed by atoms with van der Waals surface area (Å²) >= 11 is 0. The number of halogens is 1. The van der Waals surface area contributed by atoms with E-state index in [-0.39, 0.29) is 11.7 Å². The Labute approximate surface area is 113 Å². The number of nitrogen functional groups attached to an aromatic ring is 1. The molecule has 19 heavy (non-hydrogen) atoms. The first kappa shape index (κ1) is 13.6. The Morgan fingerprint density at radius 2 is 2.00 bits per heavy atom. The van der Waals surface area contributed by atoms with Crippen molar-refractivity contribution in [2.75, 3.05) is 5.73 Å². The average Bonchev–Trinajstić information content (AvgIpc) is 2.69. The van der Waals surface area contributed by atoms with Crippen LogP contribution in [0.15, 0.2) is 24.3 Å². The number of hydrogen-bond donors (Lipinski definition) is 1. The largest absolute Gasteiger partial charge is 0.383 e. The maximum Gasteiger partial charge on any atom is 0.132 e. The summed E-state index contributed by atoms with van der Waals surface area (Å²) < 4.78 is 15.9. The predicted octanol–water partition coefficient (Wildman–Crippen LogP) is 3.80. The number of rotatable bonds is 4. The van der Waals surface area contributed by atoms with Crippen LogP contribution in [0.3, 0.4) is 0 Å². The summed E-state index contributed by atoms with van der Waals surface area (Å²) in [5, 5.41) is 0. The van der Waals surface area contributed by atoms with Crippen LogP contribution >= 0.6 is 0 Å². The van der Waals surface area contributed by atoms with E-state index in [1.165, 1.54) is 6.07 Å². The first-order valence-electron chi connectivity index (χ1n) is 6.67. The second-order valence-corrected chi connectivity index (χ2v) is 4.99. The maximum absolute atomic E-state index is 13.9. The molecule has 0 spiro atoms. The SMILES string of the molecule is CCCn1c(C(C)C)nc(-c2ccccc2F)c1N. The maximum atomic E-state index is 13.9. The molecule has 2 N–H and O–H groups in total. The van der Waals surface area contributed by atoms with Crippen LogP contribution in [0.1, 0.15) is 38.9 Å². The first-order chi connectivity index (χ1) is 9.06. The molecule has 2 rings (SSSR count). The van der Waals surface area contributed by atoms with Crippen LogP contribution in [0.4, 0.5) is 10.2 Å². The van der Waals surface area contributed by atoms with E-state index in [1.54, 1.807) is 18.2 Å². The Bertz CT molecular complexity index is 573. The number of imidazole rings is 1. The lowest BCUT2D eigenvalue weighted by Gasteiger charge is -2.10. The van der Waals surface area contributed by atoms with Crippen molar-refractivity contribution >= 4 is 5.82 Å². The summed E-state index contributed by atoms with van der Waals surface area (Å²) in [7, 11) is 0. The Hall–Kier alpha value is -1.84. The highest BCUT2D eigenvalue weighted by Gasteiger charge is 2.19. The van der Waals surface area contributed by atoms with E-state index in [2.05, 4.69) is 25.8 Å². The Balaban J connectivity index is 2.59. The van der Waals surface area contributed by atoms with Gasteiger partial charge in [-0.25, -0.2) is 9.37 Å². The molecule has 0 saturated heterocycles. The zero-order chi connectivity index (χ0) is 14.0. The zero-order valence-corrected chi connectivity index (χ0v) is 11.7. The van der Waals surface area contributed by atoms with Crippen LogP contribution in [-0.4, -0.2) is 9.55 Å². The highest BCUT2D eigenvalue weighted by atomic mass is 19.1. The number of nitrogens with zero attached hydrogens (tertiary/aromatic N) is 2. The summed E-state index contributed by atoms with van der Waals surface area (Å²) in [6, 6.07) is 6.62. The number of hydrogen-bond acceptors (Lipinski definition) is 2. The van der Waals surface area contributed by atoms with E-state index in [0.717, 1.165) is 18.8 Å². The highest BCUT2D eigenvalue weighted by Crippen LogP contribution is 2.31. The molecular formula is C15H20FN3. The first-order valence-corrected chi connectivity index (χ1v) is 6.67. The summed E-state index contributed by atoms with van der Waals surface area (Å²) in [6.07, 6.45) is 0.969. The molecule has 0 aliphatic carbocycles. The van der Waals surface area contributed by atoms with Crippen molar-refractivity contribution in [3.05, 3.63) is 35.9 Å². The molecule has 1 heterocycles. The molecule has 0 bridgehead atoms. The molecule has 0 fully saturated rings. The summed E-state index contributed by atoms with van der Waals surface area (Å²) in [5.74, 6) is 1.44. The Morgan fingerprint density at radius 3 is 2.58 bits per heavy atom. The van der Waals surface area contributed by atoms with Crippen molar-refractivity contribution in [3.8, 4) is 11.3 Å². The molecule has 102 valence electrons. The van der Waals surface area contributed by atoms with Gasteiger partial charge in [0.25, 0.3) is 0 Å². The fourth-order valence-electron chi connectivity index (χ4n) is 2.23. The second-order valence-electron chi connectivity index (χ2n) is 4.99. The molecule has 1 aromatic carbocycles. The molecule has 0 saturated carbocycles. The van der Waals surface area contributed by atoms with E-state index >= 15 is 0 Å².